The van der Waals surface area contributed by atoms with Crippen LogP contribution in [0.15, 0.2) is 18.2 Å². The van der Waals surface area contributed by atoms with E-state index in [0.717, 1.165) is 17.9 Å². The van der Waals surface area contributed by atoms with Gasteiger partial charge in [0.1, 0.15) is 5.82 Å². The van der Waals surface area contributed by atoms with Gasteiger partial charge in [-0.2, -0.15) is 5.10 Å². The summed E-state index contributed by atoms with van der Waals surface area (Å²) in [5.41, 5.74) is 12.1. The summed E-state index contributed by atoms with van der Waals surface area (Å²) >= 11 is 0. The Morgan fingerprint density at radius 2 is 1.95 bits per heavy atom. The van der Waals surface area contributed by atoms with E-state index in [4.69, 9.17) is 5.73 Å². The molecule has 3 heteroatoms. The quantitative estimate of drug-likeness (QED) is 0.914. The zero-order valence-corrected chi connectivity index (χ0v) is 12.5. The van der Waals surface area contributed by atoms with Crippen LogP contribution in [0.4, 0.5) is 5.82 Å². The highest BCUT2D eigenvalue weighted by molar-refractivity contribution is 5.71. The maximum atomic E-state index is 6.17. The highest BCUT2D eigenvalue weighted by Gasteiger charge is 2.17. The zero-order chi connectivity index (χ0) is 14.2. The topological polar surface area (TPSA) is 43.8 Å². The summed E-state index contributed by atoms with van der Waals surface area (Å²) in [5, 5.41) is 4.62. The molecule has 0 bridgehead atoms. The number of anilines is 1. The van der Waals surface area contributed by atoms with Crippen molar-refractivity contribution in [2.24, 2.45) is 13.0 Å². The Balaban J connectivity index is 2.58. The lowest BCUT2D eigenvalue weighted by molar-refractivity contribution is 0.648. The van der Waals surface area contributed by atoms with E-state index in [-0.39, 0.29) is 0 Å². The van der Waals surface area contributed by atoms with E-state index in [1.165, 1.54) is 22.3 Å². The van der Waals surface area contributed by atoms with E-state index in [2.05, 4.69) is 51.0 Å². The minimum Gasteiger partial charge on any atom is -0.384 e. The van der Waals surface area contributed by atoms with E-state index in [1.54, 1.807) is 4.68 Å². The smallest absolute Gasteiger partial charge is 0.125 e. The van der Waals surface area contributed by atoms with Crippen molar-refractivity contribution in [2.45, 2.75) is 34.1 Å². The van der Waals surface area contributed by atoms with Crippen LogP contribution in [0.5, 0.6) is 0 Å². The molecule has 19 heavy (non-hydrogen) atoms. The molecule has 0 aliphatic rings. The molecule has 102 valence electrons. The molecule has 0 radical (unpaired) electrons. The molecule has 0 unspecified atom stereocenters. The molecule has 0 amide bonds. The molecule has 0 fully saturated rings. The first kappa shape index (κ1) is 13.7. The largest absolute Gasteiger partial charge is 0.384 e. The molecule has 2 rings (SSSR count). The van der Waals surface area contributed by atoms with Gasteiger partial charge in [0.25, 0.3) is 0 Å². The molecule has 0 saturated heterocycles. The average molecular weight is 257 g/mol. The fourth-order valence-electron chi connectivity index (χ4n) is 2.49. The molecular formula is C16H23N3. The number of hydrogen-bond donors (Lipinski definition) is 1. The first-order valence-electron chi connectivity index (χ1n) is 6.79. The van der Waals surface area contributed by atoms with E-state index in [0.29, 0.717) is 5.92 Å². The Bertz CT molecular complexity index is 594. The zero-order valence-electron chi connectivity index (χ0n) is 12.5. The molecule has 1 aromatic heterocycles. The number of hydrogen-bond acceptors (Lipinski definition) is 2. The third-order valence-electron chi connectivity index (χ3n) is 3.44. The Kier molecular flexibility index (Phi) is 3.65. The van der Waals surface area contributed by atoms with E-state index in [9.17, 15) is 0 Å². The molecule has 2 N–H and O–H groups in total. The van der Waals surface area contributed by atoms with Crippen LogP contribution in [0.25, 0.3) is 11.3 Å². The number of aryl methyl sites for hydroxylation is 3. The fourth-order valence-corrected chi connectivity index (χ4v) is 2.49. The summed E-state index contributed by atoms with van der Waals surface area (Å²) in [5.74, 6) is 1.35. The van der Waals surface area contributed by atoms with Crippen LogP contribution in [-0.2, 0) is 13.5 Å². The van der Waals surface area contributed by atoms with Crippen molar-refractivity contribution in [1.29, 1.82) is 0 Å². The van der Waals surface area contributed by atoms with Crippen LogP contribution in [0.1, 0.15) is 30.5 Å². The van der Waals surface area contributed by atoms with E-state index in [1.807, 2.05) is 7.05 Å². The van der Waals surface area contributed by atoms with Gasteiger partial charge in [0.2, 0.25) is 0 Å². The molecular weight excluding hydrogens is 234 g/mol. The van der Waals surface area contributed by atoms with Crippen LogP contribution in [0, 0.1) is 19.8 Å². The Morgan fingerprint density at radius 3 is 2.53 bits per heavy atom. The van der Waals surface area contributed by atoms with Crippen molar-refractivity contribution < 1.29 is 0 Å². The van der Waals surface area contributed by atoms with Gasteiger partial charge >= 0.3 is 0 Å². The van der Waals surface area contributed by atoms with Crippen LogP contribution in [0.2, 0.25) is 0 Å². The van der Waals surface area contributed by atoms with Crippen molar-refractivity contribution >= 4 is 5.82 Å². The van der Waals surface area contributed by atoms with Crippen LogP contribution in [-0.4, -0.2) is 9.78 Å². The molecule has 2 aromatic rings. The third-order valence-corrected chi connectivity index (χ3v) is 3.44. The maximum absolute atomic E-state index is 6.17. The number of aromatic nitrogens is 2. The Morgan fingerprint density at radius 1 is 1.26 bits per heavy atom. The van der Waals surface area contributed by atoms with Gasteiger partial charge < -0.3 is 5.73 Å². The van der Waals surface area contributed by atoms with Gasteiger partial charge in [-0.25, -0.2) is 0 Å². The SMILES string of the molecule is Cc1ccc(-c2nn(C)c(N)c2CC(C)C)c(C)c1. The molecule has 3 nitrogen and oxygen atoms in total. The van der Waals surface area contributed by atoms with Gasteiger partial charge in [-0.15, -0.1) is 0 Å². The van der Waals surface area contributed by atoms with Crippen molar-refractivity contribution in [3.05, 3.63) is 34.9 Å². The van der Waals surface area contributed by atoms with Crippen molar-refractivity contribution in [1.82, 2.24) is 9.78 Å². The predicted molar refractivity (Wildman–Crippen MR) is 81.1 cm³/mol. The number of rotatable bonds is 3. The highest BCUT2D eigenvalue weighted by Crippen LogP contribution is 2.31. The molecule has 0 saturated carbocycles. The summed E-state index contributed by atoms with van der Waals surface area (Å²) in [6, 6.07) is 6.47. The number of benzene rings is 1. The Labute approximate surface area is 115 Å². The summed E-state index contributed by atoms with van der Waals surface area (Å²) in [4.78, 5) is 0. The average Bonchev–Trinajstić information content (AvgIpc) is 2.57. The van der Waals surface area contributed by atoms with Crippen molar-refractivity contribution in [3.8, 4) is 11.3 Å². The second-order valence-corrected chi connectivity index (χ2v) is 5.75. The molecule has 0 aliphatic heterocycles. The molecule has 0 atom stereocenters. The first-order chi connectivity index (χ1) is 8.90. The molecule has 1 heterocycles. The summed E-state index contributed by atoms with van der Waals surface area (Å²) < 4.78 is 1.78. The summed E-state index contributed by atoms with van der Waals surface area (Å²) in [7, 11) is 1.91. The van der Waals surface area contributed by atoms with E-state index >= 15 is 0 Å². The third kappa shape index (κ3) is 2.65. The van der Waals surface area contributed by atoms with Gasteiger partial charge in [0.05, 0.1) is 5.69 Å². The lowest BCUT2D eigenvalue weighted by Crippen LogP contribution is -2.02. The van der Waals surface area contributed by atoms with Crippen molar-refractivity contribution in [2.75, 3.05) is 5.73 Å². The molecule has 1 aromatic carbocycles. The lowest BCUT2D eigenvalue weighted by Gasteiger charge is -2.09. The summed E-state index contributed by atoms with van der Waals surface area (Å²) in [6.07, 6.45) is 0.961. The van der Waals surface area contributed by atoms with Gasteiger partial charge in [-0.1, -0.05) is 37.6 Å². The number of nitrogens with two attached hydrogens (primary N) is 1. The first-order valence-corrected chi connectivity index (χ1v) is 6.79. The monoisotopic (exact) mass is 257 g/mol. The van der Waals surface area contributed by atoms with Crippen molar-refractivity contribution in [3.63, 3.8) is 0 Å². The number of nitrogens with zero attached hydrogens (tertiary/aromatic N) is 2. The lowest BCUT2D eigenvalue weighted by atomic mass is 9.96. The normalized spacial score (nSPS) is 11.3. The number of nitrogen functional groups attached to an aromatic ring is 1. The van der Waals surface area contributed by atoms with E-state index < -0.39 is 0 Å². The predicted octanol–water partition coefficient (Wildman–Crippen LogP) is 3.48. The van der Waals surface area contributed by atoms with Crippen LogP contribution < -0.4 is 5.73 Å². The summed E-state index contributed by atoms with van der Waals surface area (Å²) in [6.45, 7) is 8.65. The van der Waals surface area contributed by atoms with Gasteiger partial charge in [0.15, 0.2) is 0 Å². The molecule has 0 aliphatic carbocycles. The minimum atomic E-state index is 0.566. The van der Waals surface area contributed by atoms with Gasteiger partial charge in [-0.3, -0.25) is 4.68 Å². The second-order valence-electron chi connectivity index (χ2n) is 5.75. The molecule has 0 spiro atoms. The minimum absolute atomic E-state index is 0.566. The maximum Gasteiger partial charge on any atom is 0.125 e. The van der Waals surface area contributed by atoms with Crippen LogP contribution >= 0.6 is 0 Å². The highest BCUT2D eigenvalue weighted by atomic mass is 15.3. The van der Waals surface area contributed by atoms with Crippen LogP contribution in [0.3, 0.4) is 0 Å². The van der Waals surface area contributed by atoms with Gasteiger partial charge in [-0.05, 0) is 31.7 Å². The fraction of sp³-hybridized carbons (Fsp3) is 0.438. The van der Waals surface area contributed by atoms with Gasteiger partial charge in [0, 0.05) is 18.2 Å². The standard InChI is InChI=1S/C16H23N3/c1-10(2)8-14-15(18-19(5)16(14)17)13-7-6-11(3)9-12(13)4/h6-7,9-10H,8,17H2,1-5H3. The Hall–Kier alpha value is -1.77. The second kappa shape index (κ2) is 5.08.